The van der Waals surface area contributed by atoms with E-state index >= 15 is 0 Å². The Morgan fingerprint density at radius 1 is 1.14 bits per heavy atom. The fourth-order valence-electron chi connectivity index (χ4n) is 2.76. The minimum atomic E-state index is 0.781. The normalized spacial score (nSPS) is 14.7. The van der Waals surface area contributed by atoms with Gasteiger partial charge in [0.1, 0.15) is 0 Å². The lowest BCUT2D eigenvalue weighted by atomic mass is 10.1. The Labute approximate surface area is 128 Å². The molecule has 0 fully saturated rings. The summed E-state index contributed by atoms with van der Waals surface area (Å²) in [6.07, 6.45) is 10.0. The molecule has 0 atom stereocenters. The van der Waals surface area contributed by atoms with Crippen LogP contribution in [-0.4, -0.2) is 36.4 Å². The largest absolute Gasteiger partial charge is 0.347 e. The van der Waals surface area contributed by atoms with E-state index in [4.69, 9.17) is 4.98 Å². The van der Waals surface area contributed by atoms with E-state index in [2.05, 4.69) is 24.8 Å². The second-order valence-electron chi connectivity index (χ2n) is 5.44. The van der Waals surface area contributed by atoms with Crippen LogP contribution in [0.1, 0.15) is 17.0 Å². The molecule has 1 aliphatic heterocycles. The summed E-state index contributed by atoms with van der Waals surface area (Å²) < 4.78 is 0. The summed E-state index contributed by atoms with van der Waals surface area (Å²) in [7, 11) is 0. The number of hydrogen-bond donors (Lipinski definition) is 1. The van der Waals surface area contributed by atoms with Crippen molar-refractivity contribution in [3.8, 4) is 11.4 Å². The molecule has 0 bridgehead atoms. The number of aromatic amines is 1. The molecule has 1 N–H and O–H groups in total. The van der Waals surface area contributed by atoms with E-state index < -0.39 is 0 Å². The van der Waals surface area contributed by atoms with Crippen molar-refractivity contribution < 1.29 is 0 Å². The van der Waals surface area contributed by atoms with Gasteiger partial charge in [0, 0.05) is 67.7 Å². The smallest absolute Gasteiger partial charge is 0.159 e. The zero-order valence-corrected chi connectivity index (χ0v) is 12.1. The van der Waals surface area contributed by atoms with Crippen LogP contribution in [0.4, 0.5) is 0 Å². The third-order valence-corrected chi connectivity index (χ3v) is 3.90. The summed E-state index contributed by atoms with van der Waals surface area (Å²) in [6.45, 7) is 2.76. The van der Waals surface area contributed by atoms with Gasteiger partial charge in [-0.15, -0.1) is 0 Å². The number of nitrogens with zero attached hydrogens (tertiary/aromatic N) is 5. The van der Waals surface area contributed by atoms with Gasteiger partial charge in [0.25, 0.3) is 0 Å². The molecular weight excluding hydrogens is 276 g/mol. The molecule has 0 spiro atoms. The minimum absolute atomic E-state index is 0.781. The highest BCUT2D eigenvalue weighted by Gasteiger charge is 2.19. The van der Waals surface area contributed by atoms with Crippen molar-refractivity contribution in [3.05, 3.63) is 60.2 Å². The van der Waals surface area contributed by atoms with Crippen molar-refractivity contribution in [2.75, 3.05) is 6.54 Å². The molecule has 4 heterocycles. The number of rotatable bonds is 3. The van der Waals surface area contributed by atoms with Gasteiger partial charge in [-0.3, -0.25) is 9.88 Å². The quantitative estimate of drug-likeness (QED) is 0.797. The Kier molecular flexibility index (Phi) is 3.36. The molecule has 0 unspecified atom stereocenters. The Morgan fingerprint density at radius 3 is 2.86 bits per heavy atom. The van der Waals surface area contributed by atoms with Crippen molar-refractivity contribution in [1.29, 1.82) is 0 Å². The molecule has 0 aromatic carbocycles. The van der Waals surface area contributed by atoms with Crippen LogP contribution in [0.15, 0.2) is 43.2 Å². The molecule has 4 rings (SSSR count). The lowest BCUT2D eigenvalue weighted by molar-refractivity contribution is 0.240. The second kappa shape index (κ2) is 5.65. The number of aromatic nitrogens is 5. The third kappa shape index (κ3) is 2.60. The number of imidazole rings is 1. The molecule has 3 aromatic heterocycles. The molecule has 1 aliphatic rings. The molecule has 6 heteroatoms. The fraction of sp³-hybridized carbons (Fsp3) is 0.250. The second-order valence-corrected chi connectivity index (χ2v) is 5.44. The first-order valence-electron chi connectivity index (χ1n) is 7.33. The van der Waals surface area contributed by atoms with Crippen molar-refractivity contribution in [1.82, 2.24) is 29.8 Å². The highest BCUT2D eigenvalue weighted by Crippen LogP contribution is 2.21. The molecule has 0 saturated heterocycles. The summed E-state index contributed by atoms with van der Waals surface area (Å²) >= 11 is 0. The van der Waals surface area contributed by atoms with Crippen LogP contribution < -0.4 is 0 Å². The number of nitrogens with one attached hydrogen (secondary N) is 1. The van der Waals surface area contributed by atoms with Gasteiger partial charge in [-0.2, -0.15) is 0 Å². The number of hydrogen-bond acceptors (Lipinski definition) is 5. The number of H-pyrrole nitrogens is 1. The van der Waals surface area contributed by atoms with E-state index in [1.807, 2.05) is 24.5 Å². The molecule has 3 aromatic rings. The molecule has 110 valence electrons. The van der Waals surface area contributed by atoms with Gasteiger partial charge >= 0.3 is 0 Å². The monoisotopic (exact) mass is 292 g/mol. The lowest BCUT2D eigenvalue weighted by Gasteiger charge is -2.27. The highest BCUT2D eigenvalue weighted by atomic mass is 15.1. The molecular formula is C16H16N6. The van der Waals surface area contributed by atoms with Crippen LogP contribution in [0.25, 0.3) is 11.4 Å². The van der Waals surface area contributed by atoms with Gasteiger partial charge in [0.05, 0.1) is 12.0 Å². The summed E-state index contributed by atoms with van der Waals surface area (Å²) in [5.74, 6) is 0.781. The predicted octanol–water partition coefficient (Wildman–Crippen LogP) is 1.82. The van der Waals surface area contributed by atoms with Crippen LogP contribution in [0.5, 0.6) is 0 Å². The van der Waals surface area contributed by atoms with Gasteiger partial charge in [0.2, 0.25) is 0 Å². The molecule has 0 radical (unpaired) electrons. The molecule has 0 aliphatic carbocycles. The predicted molar refractivity (Wildman–Crippen MR) is 81.7 cm³/mol. The summed E-state index contributed by atoms with van der Waals surface area (Å²) in [4.78, 5) is 22.9. The standard InChI is InChI=1S/C16H16N6/c1-4-17-5-2-12(1)16-19-7-13-9-22(6-3-15(13)21-16)10-14-8-18-11-20-14/h1-2,4-5,7-8,11H,3,6,9-10H2,(H,18,20). The Balaban J connectivity index is 1.54. The summed E-state index contributed by atoms with van der Waals surface area (Å²) in [6, 6.07) is 3.88. The zero-order valence-electron chi connectivity index (χ0n) is 12.1. The van der Waals surface area contributed by atoms with Gasteiger partial charge in [-0.25, -0.2) is 15.0 Å². The Bertz CT molecular complexity index is 754. The fourth-order valence-corrected chi connectivity index (χ4v) is 2.76. The molecule has 6 nitrogen and oxygen atoms in total. The van der Waals surface area contributed by atoms with E-state index in [1.165, 1.54) is 5.56 Å². The first-order chi connectivity index (χ1) is 10.9. The van der Waals surface area contributed by atoms with Crippen LogP contribution in [0.2, 0.25) is 0 Å². The SMILES string of the molecule is c1cc(-c2ncc3c(n2)CCN(Cc2cnc[nH]2)C3)ccn1. The van der Waals surface area contributed by atoms with Gasteiger partial charge in [-0.05, 0) is 12.1 Å². The first kappa shape index (κ1) is 13.1. The van der Waals surface area contributed by atoms with E-state index in [0.29, 0.717) is 0 Å². The van der Waals surface area contributed by atoms with E-state index in [9.17, 15) is 0 Å². The third-order valence-electron chi connectivity index (χ3n) is 3.90. The number of fused-ring (bicyclic) bond motifs is 1. The Hall–Kier alpha value is -2.60. The lowest BCUT2D eigenvalue weighted by Crippen LogP contribution is -2.31. The topological polar surface area (TPSA) is 70.6 Å². The van der Waals surface area contributed by atoms with Crippen molar-refractivity contribution >= 4 is 0 Å². The van der Waals surface area contributed by atoms with E-state index in [1.54, 1.807) is 18.7 Å². The van der Waals surface area contributed by atoms with Gasteiger partial charge in [-0.1, -0.05) is 0 Å². The van der Waals surface area contributed by atoms with Crippen LogP contribution in [0.3, 0.4) is 0 Å². The van der Waals surface area contributed by atoms with Crippen LogP contribution in [-0.2, 0) is 19.5 Å². The highest BCUT2D eigenvalue weighted by molar-refractivity contribution is 5.54. The molecule has 22 heavy (non-hydrogen) atoms. The van der Waals surface area contributed by atoms with Crippen molar-refractivity contribution in [2.24, 2.45) is 0 Å². The van der Waals surface area contributed by atoms with Gasteiger partial charge < -0.3 is 4.98 Å². The Morgan fingerprint density at radius 2 is 2.05 bits per heavy atom. The van der Waals surface area contributed by atoms with Crippen molar-refractivity contribution in [3.63, 3.8) is 0 Å². The average Bonchev–Trinajstić information content (AvgIpc) is 3.08. The van der Waals surface area contributed by atoms with E-state index in [-0.39, 0.29) is 0 Å². The minimum Gasteiger partial charge on any atom is -0.347 e. The maximum atomic E-state index is 4.73. The summed E-state index contributed by atoms with van der Waals surface area (Å²) in [5.41, 5.74) is 4.52. The maximum Gasteiger partial charge on any atom is 0.159 e. The first-order valence-corrected chi connectivity index (χ1v) is 7.33. The zero-order chi connectivity index (χ0) is 14.8. The summed E-state index contributed by atoms with van der Waals surface area (Å²) in [5, 5.41) is 0. The average molecular weight is 292 g/mol. The van der Waals surface area contributed by atoms with Crippen molar-refractivity contribution in [2.45, 2.75) is 19.5 Å². The van der Waals surface area contributed by atoms with Crippen LogP contribution in [0, 0.1) is 0 Å². The van der Waals surface area contributed by atoms with Crippen LogP contribution >= 0.6 is 0 Å². The molecule has 0 amide bonds. The van der Waals surface area contributed by atoms with E-state index in [0.717, 1.165) is 48.8 Å². The van der Waals surface area contributed by atoms with Gasteiger partial charge in [0.15, 0.2) is 5.82 Å². The molecule has 0 saturated carbocycles. The number of pyridine rings is 1. The maximum absolute atomic E-state index is 4.73.